The number of benzene rings is 1. The molecule has 6 heteroatoms. The molecule has 5 nitrogen and oxygen atoms in total. The van der Waals surface area contributed by atoms with Crippen molar-refractivity contribution in [3.8, 4) is 5.75 Å². The highest BCUT2D eigenvalue weighted by atomic mass is 28.4. The van der Waals surface area contributed by atoms with Crippen molar-refractivity contribution in [2.45, 2.75) is 6.92 Å². The van der Waals surface area contributed by atoms with Crippen LogP contribution in [0.2, 0.25) is 0 Å². The van der Waals surface area contributed by atoms with Gasteiger partial charge < -0.3 is 19.1 Å². The molecule has 1 aromatic rings. The highest BCUT2D eigenvalue weighted by Crippen LogP contribution is 2.08. The maximum atomic E-state index is 10.7. The lowest BCUT2D eigenvalue weighted by Crippen LogP contribution is -2.48. The molecule has 1 aromatic carbocycles. The van der Waals surface area contributed by atoms with Crippen molar-refractivity contribution in [1.29, 1.82) is 4.29 Å². The fraction of sp³-hybridized carbons (Fsp3) is 0.125. The second-order valence-corrected chi connectivity index (χ2v) is 4.36. The van der Waals surface area contributed by atoms with Gasteiger partial charge in [-0.25, -0.2) is 0 Å². The van der Waals surface area contributed by atoms with E-state index in [1.165, 1.54) is 31.2 Å². The first-order valence-electron chi connectivity index (χ1n) is 5.02. The smallest absolute Gasteiger partial charge is 0.427 e. The molecule has 0 spiro atoms. The molecule has 0 radical (unpaired) electrons. The maximum absolute atomic E-state index is 10.7. The summed E-state index contributed by atoms with van der Waals surface area (Å²) in [5.74, 6) is -0.171. The molecule has 0 saturated heterocycles. The predicted molar refractivity (Wildman–Crippen MR) is 49.8 cm³/mol. The second kappa shape index (κ2) is 3.89. The topological polar surface area (TPSA) is 87.0 Å². The van der Waals surface area contributed by atoms with Gasteiger partial charge in [-0.3, -0.25) is 4.79 Å². The molecule has 0 unspecified atom stereocenters. The molecule has 0 aliphatic carbocycles. The number of carbonyl (C=O) groups is 1. The maximum Gasteiger partial charge on any atom is 0.528 e. The average molecular weight is 220 g/mol. The normalized spacial score (nSPS) is 13.9. The van der Waals surface area contributed by atoms with E-state index in [0.29, 0.717) is 5.75 Å². The van der Waals surface area contributed by atoms with Crippen LogP contribution < -0.4 is 9.92 Å². The second-order valence-electron chi connectivity index (χ2n) is 2.67. The van der Waals surface area contributed by atoms with Gasteiger partial charge in [-0.1, -0.05) is 12.1 Å². The van der Waals surface area contributed by atoms with E-state index < -0.39 is 14.8 Å². The van der Waals surface area contributed by atoms with E-state index in [4.69, 9.17) is 9.03 Å². The largest absolute Gasteiger partial charge is 0.528 e. The summed E-state index contributed by atoms with van der Waals surface area (Å²) in [4.78, 5) is 23.3. The number of hydrogen-bond donors (Lipinski definition) is 3. The third-order valence-electron chi connectivity index (χ3n) is 1.47. The summed E-state index contributed by atoms with van der Waals surface area (Å²) in [7, 11) is -3.80. The quantitative estimate of drug-likeness (QED) is 0.327. The highest BCUT2D eigenvalue weighted by Gasteiger charge is 2.29. The van der Waals surface area contributed by atoms with E-state index in [-0.39, 0.29) is 5.19 Å². The van der Waals surface area contributed by atoms with Gasteiger partial charge in [0.25, 0.3) is 0 Å². The van der Waals surface area contributed by atoms with Crippen molar-refractivity contribution >= 4 is 20.0 Å². The van der Waals surface area contributed by atoms with Gasteiger partial charge in [-0.2, -0.15) is 0 Å². The molecular formula is C8H10O5Si. The molecular weight excluding hydrogens is 204 g/mol. The Morgan fingerprint density at radius 1 is 1.36 bits per heavy atom. The van der Waals surface area contributed by atoms with Crippen molar-refractivity contribution in [3.05, 3.63) is 24.3 Å². The zero-order chi connectivity index (χ0) is 12.9. The van der Waals surface area contributed by atoms with Gasteiger partial charge in [0.15, 0.2) is 4.29 Å². The molecule has 0 amide bonds. The van der Waals surface area contributed by atoms with Gasteiger partial charge in [0, 0.05) is 12.1 Å². The van der Waals surface area contributed by atoms with Gasteiger partial charge in [-0.05, 0) is 12.1 Å². The van der Waals surface area contributed by atoms with Gasteiger partial charge >= 0.3 is 14.8 Å². The van der Waals surface area contributed by atoms with Crippen LogP contribution in [-0.2, 0) is 4.79 Å². The first-order valence-corrected chi connectivity index (χ1v) is 5.52. The molecule has 1 rings (SSSR count). The Labute approximate surface area is 86.0 Å². The summed E-state index contributed by atoms with van der Waals surface area (Å²) in [6, 6.07) is 5.66. The van der Waals surface area contributed by atoms with Gasteiger partial charge in [0.1, 0.15) is 5.75 Å². The van der Waals surface area contributed by atoms with Crippen molar-refractivity contribution in [2.75, 3.05) is 0 Å². The molecule has 0 heterocycles. The number of ether oxygens (including phenoxy) is 1. The lowest BCUT2D eigenvalue weighted by atomic mass is 10.3. The first kappa shape index (κ1) is 7.13. The summed E-state index contributed by atoms with van der Waals surface area (Å²) in [5.41, 5.74) is 0. The molecule has 0 aliphatic rings. The molecule has 0 atom stereocenters. The summed E-state index contributed by atoms with van der Waals surface area (Å²) >= 11 is 0. The number of carbonyl (C=O) groups excluding carboxylic acids is 1. The molecule has 14 heavy (non-hydrogen) atoms. The SMILES string of the molecule is [3H]O[Si](O[3H])(O[3H])c1ccc(OC(C)=O)cc1. The third kappa shape index (κ3) is 2.93. The van der Waals surface area contributed by atoms with Crippen molar-refractivity contribution in [1.82, 2.24) is 0 Å². The van der Waals surface area contributed by atoms with Gasteiger partial charge in [-0.15, -0.1) is 0 Å². The third-order valence-corrected chi connectivity index (χ3v) is 2.51. The monoisotopic (exact) mass is 220 g/mol. The zero-order valence-corrected chi connectivity index (χ0v) is 8.35. The van der Waals surface area contributed by atoms with Crippen LogP contribution in [0.25, 0.3) is 0 Å². The summed E-state index contributed by atoms with van der Waals surface area (Å²) in [6.45, 7) is 1.26. The molecule has 0 saturated carbocycles. The Kier molecular flexibility index (Phi) is 1.98. The fourth-order valence-electron chi connectivity index (χ4n) is 0.893. The number of hydrogen-bond acceptors (Lipinski definition) is 5. The van der Waals surface area contributed by atoms with E-state index >= 15 is 0 Å². The van der Waals surface area contributed by atoms with Crippen LogP contribution in [0.1, 0.15) is 6.92 Å². The van der Waals surface area contributed by atoms with Crippen LogP contribution in [0.15, 0.2) is 24.3 Å². The van der Waals surface area contributed by atoms with E-state index in [2.05, 4.69) is 14.4 Å². The summed E-state index contributed by atoms with van der Waals surface area (Å²) in [5, 5.41) is 0.244. The van der Waals surface area contributed by atoms with Crippen LogP contribution in [-0.4, -0.2) is 33.5 Å². The number of rotatable bonds is 5. The number of esters is 1. The molecule has 0 fully saturated rings. The Bertz CT molecular complexity index is 373. The minimum absolute atomic E-state index is 0.244. The minimum Gasteiger partial charge on any atom is -0.427 e. The minimum atomic E-state index is -3.80. The molecule has 3 N–H and O–H groups in total. The Morgan fingerprint density at radius 3 is 2.36 bits per heavy atom. The standard InChI is InChI=1S/C8H10O5Si/c1-6(9)13-7-2-4-8(5-3-7)14(10,11)12/h2-5,10-12H,1H3/i10T,11T,12T. The van der Waals surface area contributed by atoms with E-state index in [0.717, 1.165) is 0 Å². The van der Waals surface area contributed by atoms with Gasteiger partial charge in [0.05, 0.1) is 0 Å². The van der Waals surface area contributed by atoms with Crippen LogP contribution in [0.5, 0.6) is 5.75 Å². The lowest BCUT2D eigenvalue weighted by Gasteiger charge is -2.09. The first-order chi connectivity index (χ1) is 8.07. The van der Waals surface area contributed by atoms with E-state index in [9.17, 15) is 4.79 Å². The summed E-state index contributed by atoms with van der Waals surface area (Å²) < 4.78 is 25.2. The van der Waals surface area contributed by atoms with Crippen LogP contribution in [0, 0.1) is 0 Å². The Balaban J connectivity index is 2.96. The zero-order valence-electron chi connectivity index (χ0n) is 10.4. The molecule has 0 bridgehead atoms. The molecule has 0 aliphatic heterocycles. The average Bonchev–Trinajstić information content (AvgIpc) is 2.33. The van der Waals surface area contributed by atoms with Crippen LogP contribution >= 0.6 is 0 Å². The Morgan fingerprint density at radius 2 is 1.93 bits per heavy atom. The predicted octanol–water partition coefficient (Wildman–Crippen LogP) is -1.27. The summed E-state index contributed by atoms with van der Waals surface area (Å²) in [6.07, 6.45) is 0. The van der Waals surface area contributed by atoms with Crippen molar-refractivity contribution < 1.29 is 23.9 Å². The van der Waals surface area contributed by atoms with Gasteiger partial charge in [0.2, 0.25) is 0 Å². The van der Waals surface area contributed by atoms with E-state index in [1.54, 1.807) is 0 Å². The van der Waals surface area contributed by atoms with Crippen LogP contribution in [0.3, 0.4) is 0 Å². The lowest BCUT2D eigenvalue weighted by molar-refractivity contribution is -0.131. The molecule has 76 valence electrons. The van der Waals surface area contributed by atoms with Crippen molar-refractivity contribution in [2.24, 2.45) is 0 Å². The van der Waals surface area contributed by atoms with Crippen LogP contribution in [0.4, 0.5) is 0 Å². The molecule has 0 aromatic heterocycles. The van der Waals surface area contributed by atoms with Crippen molar-refractivity contribution in [3.63, 3.8) is 0 Å². The highest BCUT2D eigenvalue weighted by molar-refractivity contribution is 6.71. The Hall–Kier alpha value is -1.21. The fourth-order valence-corrected chi connectivity index (χ4v) is 1.47. The van der Waals surface area contributed by atoms with E-state index in [1.807, 2.05) is 0 Å².